The van der Waals surface area contributed by atoms with Gasteiger partial charge in [-0.2, -0.15) is 0 Å². The highest BCUT2D eigenvalue weighted by Gasteiger charge is 2.43. The van der Waals surface area contributed by atoms with E-state index in [9.17, 15) is 17.6 Å². The van der Waals surface area contributed by atoms with Gasteiger partial charge in [0.05, 0.1) is 6.61 Å². The smallest absolute Gasteiger partial charge is 0.303 e. The third-order valence-corrected chi connectivity index (χ3v) is 1.65. The molecule has 0 rings (SSSR count). The lowest BCUT2D eigenvalue weighted by molar-refractivity contribution is -0.168. The zero-order chi connectivity index (χ0) is 10.6. The number of hydrogen-bond donors (Lipinski definition) is 0. The summed E-state index contributed by atoms with van der Waals surface area (Å²) in [6.45, 7) is 2.52. The SMILES string of the molecule is CC(F)COC(C)C(F)(F)C(C)F. The molecule has 3 unspecified atom stereocenters. The van der Waals surface area contributed by atoms with E-state index in [-0.39, 0.29) is 0 Å². The summed E-state index contributed by atoms with van der Waals surface area (Å²) in [5.74, 6) is -3.56. The van der Waals surface area contributed by atoms with Gasteiger partial charge in [0.25, 0.3) is 0 Å². The second-order valence-electron chi connectivity index (χ2n) is 3.05. The van der Waals surface area contributed by atoms with Gasteiger partial charge >= 0.3 is 5.92 Å². The van der Waals surface area contributed by atoms with Gasteiger partial charge in [-0.05, 0) is 20.8 Å². The van der Waals surface area contributed by atoms with Gasteiger partial charge in [0.15, 0.2) is 6.17 Å². The number of halogens is 4. The highest BCUT2D eigenvalue weighted by molar-refractivity contribution is 4.80. The summed E-state index contributed by atoms with van der Waals surface area (Å²) in [7, 11) is 0. The van der Waals surface area contributed by atoms with E-state index in [2.05, 4.69) is 4.74 Å². The average Bonchev–Trinajstić information content (AvgIpc) is 1.99. The fourth-order valence-corrected chi connectivity index (χ4v) is 0.711. The quantitative estimate of drug-likeness (QED) is 0.623. The molecule has 0 bridgehead atoms. The van der Waals surface area contributed by atoms with Gasteiger partial charge in [0, 0.05) is 0 Å². The Bertz CT molecular complexity index is 147. The Balaban J connectivity index is 4.01. The first-order chi connectivity index (χ1) is 5.78. The number of rotatable bonds is 5. The lowest BCUT2D eigenvalue weighted by Gasteiger charge is -2.25. The van der Waals surface area contributed by atoms with Gasteiger partial charge in [0.1, 0.15) is 12.3 Å². The predicted molar refractivity (Wildman–Crippen MR) is 41.5 cm³/mol. The highest BCUT2D eigenvalue weighted by Crippen LogP contribution is 2.27. The van der Waals surface area contributed by atoms with Crippen molar-refractivity contribution >= 4 is 0 Å². The van der Waals surface area contributed by atoms with Crippen LogP contribution in [-0.4, -0.2) is 31.0 Å². The van der Waals surface area contributed by atoms with Crippen molar-refractivity contribution in [3.8, 4) is 0 Å². The van der Waals surface area contributed by atoms with Crippen LogP contribution in [0.2, 0.25) is 0 Å². The molecule has 0 heterocycles. The second kappa shape index (κ2) is 4.79. The molecule has 0 saturated carbocycles. The van der Waals surface area contributed by atoms with Crippen molar-refractivity contribution in [2.24, 2.45) is 0 Å². The molecule has 13 heavy (non-hydrogen) atoms. The maximum absolute atomic E-state index is 12.8. The fourth-order valence-electron chi connectivity index (χ4n) is 0.711. The Morgan fingerprint density at radius 2 is 1.62 bits per heavy atom. The van der Waals surface area contributed by atoms with E-state index in [1.54, 1.807) is 0 Å². The summed E-state index contributed by atoms with van der Waals surface area (Å²) < 4.78 is 54.5. The van der Waals surface area contributed by atoms with E-state index in [1.807, 2.05) is 0 Å². The molecule has 0 aromatic carbocycles. The van der Waals surface area contributed by atoms with Crippen LogP contribution in [-0.2, 0) is 4.74 Å². The van der Waals surface area contributed by atoms with E-state index in [4.69, 9.17) is 0 Å². The topological polar surface area (TPSA) is 9.23 Å². The highest BCUT2D eigenvalue weighted by atomic mass is 19.3. The molecule has 3 atom stereocenters. The summed E-state index contributed by atoms with van der Waals surface area (Å²) in [5, 5.41) is 0. The van der Waals surface area contributed by atoms with Crippen molar-refractivity contribution in [3.63, 3.8) is 0 Å². The molecule has 0 aromatic heterocycles. The Morgan fingerprint density at radius 3 is 1.92 bits per heavy atom. The standard InChI is InChI=1S/C8H14F4O/c1-5(9)4-13-7(3)8(11,12)6(2)10/h5-7H,4H2,1-3H3. The molecule has 0 radical (unpaired) electrons. The van der Waals surface area contributed by atoms with Crippen LogP contribution in [0.25, 0.3) is 0 Å². The summed E-state index contributed by atoms with van der Waals surface area (Å²) in [6.07, 6.45) is -5.23. The largest absolute Gasteiger partial charge is 0.369 e. The van der Waals surface area contributed by atoms with Crippen LogP contribution in [0.3, 0.4) is 0 Å². The molecular formula is C8H14F4O. The Kier molecular flexibility index (Phi) is 4.67. The minimum atomic E-state index is -3.56. The van der Waals surface area contributed by atoms with Crippen molar-refractivity contribution in [1.29, 1.82) is 0 Å². The molecule has 0 fully saturated rings. The zero-order valence-corrected chi connectivity index (χ0v) is 7.86. The Hall–Kier alpha value is -0.320. The van der Waals surface area contributed by atoms with Gasteiger partial charge in [-0.25, -0.2) is 17.6 Å². The van der Waals surface area contributed by atoms with Crippen molar-refractivity contribution in [1.82, 2.24) is 0 Å². The van der Waals surface area contributed by atoms with E-state index in [0.717, 1.165) is 13.8 Å². The molecule has 0 N–H and O–H groups in total. The third kappa shape index (κ3) is 3.93. The molecule has 0 amide bonds. The monoisotopic (exact) mass is 202 g/mol. The lowest BCUT2D eigenvalue weighted by atomic mass is 10.1. The first-order valence-electron chi connectivity index (χ1n) is 4.06. The molecule has 0 aromatic rings. The predicted octanol–water partition coefficient (Wildman–Crippen LogP) is 2.74. The molecule has 0 aliphatic rings. The minimum Gasteiger partial charge on any atom is -0.369 e. The van der Waals surface area contributed by atoms with E-state index in [0.29, 0.717) is 0 Å². The maximum Gasteiger partial charge on any atom is 0.303 e. The van der Waals surface area contributed by atoms with Crippen LogP contribution in [0.4, 0.5) is 17.6 Å². The summed E-state index contributed by atoms with van der Waals surface area (Å²) in [4.78, 5) is 0. The fraction of sp³-hybridized carbons (Fsp3) is 1.00. The molecule has 1 nitrogen and oxygen atoms in total. The third-order valence-electron chi connectivity index (χ3n) is 1.65. The van der Waals surface area contributed by atoms with Crippen LogP contribution in [0.1, 0.15) is 20.8 Å². The average molecular weight is 202 g/mol. The van der Waals surface area contributed by atoms with Crippen LogP contribution < -0.4 is 0 Å². The van der Waals surface area contributed by atoms with Gasteiger partial charge in [0.2, 0.25) is 0 Å². The van der Waals surface area contributed by atoms with Crippen molar-refractivity contribution < 1.29 is 22.3 Å². The van der Waals surface area contributed by atoms with Crippen LogP contribution >= 0.6 is 0 Å². The number of hydrogen-bond acceptors (Lipinski definition) is 1. The van der Waals surface area contributed by atoms with Gasteiger partial charge < -0.3 is 4.74 Å². The summed E-state index contributed by atoms with van der Waals surface area (Å²) in [5.41, 5.74) is 0. The number of ether oxygens (including phenoxy) is 1. The van der Waals surface area contributed by atoms with E-state index < -0.39 is 31.0 Å². The number of alkyl halides is 4. The van der Waals surface area contributed by atoms with Crippen molar-refractivity contribution in [2.75, 3.05) is 6.61 Å². The first kappa shape index (κ1) is 12.7. The normalized spacial score (nSPS) is 19.6. The molecule has 0 aliphatic heterocycles. The molecule has 80 valence electrons. The van der Waals surface area contributed by atoms with Crippen LogP contribution in [0.15, 0.2) is 0 Å². The summed E-state index contributed by atoms with van der Waals surface area (Å²) in [6, 6.07) is 0. The van der Waals surface area contributed by atoms with Crippen LogP contribution in [0, 0.1) is 0 Å². The zero-order valence-electron chi connectivity index (χ0n) is 7.86. The molecule has 0 saturated heterocycles. The second-order valence-corrected chi connectivity index (χ2v) is 3.05. The van der Waals surface area contributed by atoms with E-state index >= 15 is 0 Å². The molecule has 5 heteroatoms. The maximum atomic E-state index is 12.8. The van der Waals surface area contributed by atoms with Crippen LogP contribution in [0.5, 0.6) is 0 Å². The first-order valence-corrected chi connectivity index (χ1v) is 4.06. The Labute approximate surface area is 75.1 Å². The van der Waals surface area contributed by atoms with Gasteiger partial charge in [-0.1, -0.05) is 0 Å². The Morgan fingerprint density at radius 1 is 1.15 bits per heavy atom. The molecule has 0 spiro atoms. The summed E-state index contributed by atoms with van der Waals surface area (Å²) >= 11 is 0. The molecule has 0 aliphatic carbocycles. The minimum absolute atomic E-state index is 0.441. The van der Waals surface area contributed by atoms with Gasteiger partial charge in [-0.3, -0.25) is 0 Å². The van der Waals surface area contributed by atoms with E-state index in [1.165, 1.54) is 6.92 Å². The lowest BCUT2D eigenvalue weighted by Crippen LogP contribution is -2.41. The van der Waals surface area contributed by atoms with Gasteiger partial charge in [-0.15, -0.1) is 0 Å². The van der Waals surface area contributed by atoms with Crippen molar-refractivity contribution in [3.05, 3.63) is 0 Å². The molecular weight excluding hydrogens is 188 g/mol. The van der Waals surface area contributed by atoms with Crippen molar-refractivity contribution in [2.45, 2.75) is 45.1 Å².